The number of hydrogen-bond acceptors (Lipinski definition) is 6. The van der Waals surface area contributed by atoms with E-state index in [0.29, 0.717) is 5.75 Å². The molecule has 0 saturated carbocycles. The van der Waals surface area contributed by atoms with Gasteiger partial charge in [0.2, 0.25) is 10.0 Å². The van der Waals surface area contributed by atoms with Crippen LogP contribution < -0.4 is 4.72 Å². The minimum absolute atomic E-state index is 0.0909. The number of benzene rings is 1. The van der Waals surface area contributed by atoms with Gasteiger partial charge in [0.05, 0.1) is 12.0 Å². The normalized spacial score (nSPS) is 11.3. The van der Waals surface area contributed by atoms with E-state index in [1.807, 2.05) is 6.26 Å². The van der Waals surface area contributed by atoms with Crippen molar-refractivity contribution in [2.24, 2.45) is 0 Å². The Morgan fingerprint density at radius 3 is 2.74 bits per heavy atom. The molecule has 0 heterocycles. The first-order valence-corrected chi connectivity index (χ1v) is 8.20. The van der Waals surface area contributed by atoms with E-state index in [2.05, 4.69) is 9.46 Å². The lowest BCUT2D eigenvalue weighted by Gasteiger charge is -2.08. The highest BCUT2D eigenvalue weighted by atomic mass is 32.2. The fraction of sp³-hybridized carbons (Fsp3) is 0.364. The van der Waals surface area contributed by atoms with Gasteiger partial charge in [-0.05, 0) is 24.5 Å². The lowest BCUT2D eigenvalue weighted by Crippen LogP contribution is -2.26. The Morgan fingerprint density at radius 1 is 1.47 bits per heavy atom. The summed E-state index contributed by atoms with van der Waals surface area (Å²) in [6.45, 7) is 0.290. The van der Waals surface area contributed by atoms with E-state index in [9.17, 15) is 18.3 Å². The smallest absolute Gasteiger partial charge is 0.341 e. The first-order valence-electron chi connectivity index (χ1n) is 5.32. The van der Waals surface area contributed by atoms with E-state index in [1.54, 1.807) is 0 Å². The molecule has 0 saturated heterocycles. The van der Waals surface area contributed by atoms with Gasteiger partial charge in [-0.2, -0.15) is 11.8 Å². The highest BCUT2D eigenvalue weighted by molar-refractivity contribution is 7.98. The molecule has 0 spiro atoms. The first kappa shape index (κ1) is 15.8. The molecule has 0 amide bonds. The number of carbonyl (C=O) groups is 1. The molecule has 2 N–H and O–H groups in total. The largest absolute Gasteiger partial charge is 0.507 e. The number of aromatic hydroxyl groups is 1. The Hall–Kier alpha value is -1.25. The number of ether oxygens (including phenoxy) is 1. The van der Waals surface area contributed by atoms with Crippen molar-refractivity contribution in [2.45, 2.75) is 4.90 Å². The molecule has 1 aromatic carbocycles. The molecular weight excluding hydrogens is 290 g/mol. The maximum atomic E-state index is 11.9. The summed E-state index contributed by atoms with van der Waals surface area (Å²) in [6, 6.07) is 3.46. The second-order valence-electron chi connectivity index (χ2n) is 3.56. The van der Waals surface area contributed by atoms with Crippen molar-refractivity contribution in [1.29, 1.82) is 0 Å². The number of phenols is 1. The van der Waals surface area contributed by atoms with Gasteiger partial charge in [0, 0.05) is 12.3 Å². The number of rotatable bonds is 6. The Balaban J connectivity index is 3.04. The molecule has 0 unspecified atom stereocenters. The number of methoxy groups -OCH3 is 1. The van der Waals surface area contributed by atoms with E-state index in [1.165, 1.54) is 17.8 Å². The highest BCUT2D eigenvalue weighted by Crippen LogP contribution is 2.21. The fourth-order valence-electron chi connectivity index (χ4n) is 1.32. The minimum Gasteiger partial charge on any atom is -0.507 e. The van der Waals surface area contributed by atoms with E-state index < -0.39 is 16.0 Å². The average molecular weight is 305 g/mol. The number of carbonyl (C=O) groups excluding carboxylic acids is 1. The number of hydrogen-bond donors (Lipinski definition) is 2. The van der Waals surface area contributed by atoms with Crippen molar-refractivity contribution in [3.63, 3.8) is 0 Å². The van der Waals surface area contributed by atoms with Crippen molar-refractivity contribution >= 4 is 27.8 Å². The van der Waals surface area contributed by atoms with Crippen molar-refractivity contribution in [2.75, 3.05) is 25.7 Å². The van der Waals surface area contributed by atoms with Gasteiger partial charge in [-0.15, -0.1) is 0 Å². The van der Waals surface area contributed by atoms with Crippen LogP contribution in [0, 0.1) is 0 Å². The van der Waals surface area contributed by atoms with Crippen molar-refractivity contribution in [1.82, 2.24) is 4.72 Å². The van der Waals surface area contributed by atoms with Crippen LogP contribution in [-0.2, 0) is 14.8 Å². The van der Waals surface area contributed by atoms with Gasteiger partial charge in [0.25, 0.3) is 0 Å². The summed E-state index contributed by atoms with van der Waals surface area (Å²) in [5.41, 5.74) is -0.185. The van der Waals surface area contributed by atoms with Gasteiger partial charge in [-0.1, -0.05) is 0 Å². The molecule has 0 radical (unpaired) electrons. The topological polar surface area (TPSA) is 92.7 Å². The molecule has 6 nitrogen and oxygen atoms in total. The van der Waals surface area contributed by atoms with E-state index in [-0.39, 0.29) is 22.8 Å². The van der Waals surface area contributed by atoms with Gasteiger partial charge in [-0.25, -0.2) is 17.9 Å². The standard InChI is InChI=1S/C11H15NO5S2/c1-17-11(14)9-7-8(3-4-10(9)13)19(15,16)12-5-6-18-2/h3-4,7,12-13H,5-6H2,1-2H3. The van der Waals surface area contributed by atoms with Crippen LogP contribution in [0.1, 0.15) is 10.4 Å². The number of thioether (sulfide) groups is 1. The van der Waals surface area contributed by atoms with Crippen LogP contribution in [0.25, 0.3) is 0 Å². The van der Waals surface area contributed by atoms with Crippen LogP contribution in [0.15, 0.2) is 23.1 Å². The van der Waals surface area contributed by atoms with Crippen LogP contribution in [0.3, 0.4) is 0 Å². The van der Waals surface area contributed by atoms with Crippen molar-refractivity contribution in [3.05, 3.63) is 23.8 Å². The zero-order valence-corrected chi connectivity index (χ0v) is 12.2. The second kappa shape index (κ2) is 6.78. The number of nitrogens with one attached hydrogen (secondary N) is 1. The van der Waals surface area contributed by atoms with Gasteiger partial charge in [0.15, 0.2) is 0 Å². The fourth-order valence-corrected chi connectivity index (χ4v) is 2.81. The number of esters is 1. The summed E-state index contributed by atoms with van der Waals surface area (Å²) in [6.07, 6.45) is 1.87. The molecular formula is C11H15NO5S2. The third-order valence-corrected chi connectivity index (χ3v) is 4.35. The Bertz CT molecular complexity index is 556. The predicted molar refractivity (Wildman–Crippen MR) is 73.0 cm³/mol. The maximum Gasteiger partial charge on any atom is 0.341 e. The quantitative estimate of drug-likeness (QED) is 0.597. The molecule has 0 bridgehead atoms. The Kier molecular flexibility index (Phi) is 5.64. The highest BCUT2D eigenvalue weighted by Gasteiger charge is 2.19. The lowest BCUT2D eigenvalue weighted by atomic mass is 10.2. The summed E-state index contributed by atoms with van der Waals surface area (Å²) in [7, 11) is -2.54. The summed E-state index contributed by atoms with van der Waals surface area (Å²) in [5.74, 6) is -0.477. The Morgan fingerprint density at radius 2 is 2.16 bits per heavy atom. The van der Waals surface area contributed by atoms with Crippen LogP contribution in [-0.4, -0.2) is 45.2 Å². The molecule has 0 aliphatic carbocycles. The number of sulfonamides is 1. The summed E-state index contributed by atoms with van der Waals surface area (Å²) >= 11 is 1.51. The van der Waals surface area contributed by atoms with Gasteiger partial charge < -0.3 is 9.84 Å². The monoisotopic (exact) mass is 305 g/mol. The Labute approximate surface area is 116 Å². The minimum atomic E-state index is -3.70. The van der Waals surface area contributed by atoms with Gasteiger partial charge in [-0.3, -0.25) is 0 Å². The molecule has 19 heavy (non-hydrogen) atoms. The molecule has 0 atom stereocenters. The second-order valence-corrected chi connectivity index (χ2v) is 6.31. The average Bonchev–Trinajstić information content (AvgIpc) is 2.38. The van der Waals surface area contributed by atoms with E-state index >= 15 is 0 Å². The van der Waals surface area contributed by atoms with E-state index in [0.717, 1.165) is 19.2 Å². The predicted octanol–water partition coefficient (Wildman–Crippen LogP) is 0.820. The molecule has 0 fully saturated rings. The molecule has 1 aromatic rings. The van der Waals surface area contributed by atoms with Crippen molar-refractivity contribution in [3.8, 4) is 5.75 Å². The lowest BCUT2D eigenvalue weighted by molar-refractivity contribution is 0.0597. The van der Waals surface area contributed by atoms with Crippen LogP contribution >= 0.6 is 11.8 Å². The third-order valence-electron chi connectivity index (χ3n) is 2.28. The molecule has 106 valence electrons. The molecule has 8 heteroatoms. The molecule has 0 aliphatic heterocycles. The summed E-state index contributed by atoms with van der Waals surface area (Å²) in [5, 5.41) is 9.50. The third kappa shape index (κ3) is 4.12. The molecule has 0 aromatic heterocycles. The summed E-state index contributed by atoms with van der Waals surface area (Å²) < 4.78 is 30.7. The van der Waals surface area contributed by atoms with Gasteiger partial charge in [0.1, 0.15) is 11.3 Å². The molecule has 1 rings (SSSR count). The van der Waals surface area contributed by atoms with Gasteiger partial charge >= 0.3 is 5.97 Å². The van der Waals surface area contributed by atoms with E-state index in [4.69, 9.17) is 0 Å². The van der Waals surface area contributed by atoms with Crippen molar-refractivity contribution < 1.29 is 23.1 Å². The number of phenolic OH excluding ortho intramolecular Hbond substituents is 1. The maximum absolute atomic E-state index is 11.9. The first-order chi connectivity index (χ1) is 8.92. The summed E-state index contributed by atoms with van der Waals surface area (Å²) in [4.78, 5) is 11.3. The SMILES string of the molecule is COC(=O)c1cc(S(=O)(=O)NCCSC)ccc1O. The van der Waals surface area contributed by atoms with Crippen LogP contribution in [0.5, 0.6) is 5.75 Å². The van der Waals surface area contributed by atoms with Crippen LogP contribution in [0.2, 0.25) is 0 Å². The zero-order valence-electron chi connectivity index (χ0n) is 10.5. The zero-order chi connectivity index (χ0) is 14.5. The van der Waals surface area contributed by atoms with Crippen LogP contribution in [0.4, 0.5) is 0 Å². The molecule has 0 aliphatic rings.